The van der Waals surface area contributed by atoms with Crippen molar-refractivity contribution < 1.29 is 9.53 Å². The normalized spacial score (nSPS) is 9.73. The number of hydrogen-bond donors (Lipinski definition) is 0. The van der Waals surface area contributed by atoms with Crippen molar-refractivity contribution >= 4 is 5.97 Å². The average molecular weight is 154 g/mol. The monoisotopic (exact) mass is 154 g/mol. The minimum absolute atomic E-state index is 0.354. The van der Waals surface area contributed by atoms with Crippen LogP contribution < -0.4 is 0 Å². The fourth-order valence-corrected chi connectivity index (χ4v) is 0.906. The van der Waals surface area contributed by atoms with Gasteiger partial charge in [-0.15, -0.1) is 0 Å². The maximum atomic E-state index is 11.0. The molecule has 1 heterocycles. The molecule has 0 unspecified atom stereocenters. The van der Waals surface area contributed by atoms with Gasteiger partial charge in [0.25, 0.3) is 0 Å². The van der Waals surface area contributed by atoms with Gasteiger partial charge in [0.2, 0.25) is 0 Å². The molecule has 60 valence electrons. The molecule has 0 saturated carbocycles. The van der Waals surface area contributed by atoms with Gasteiger partial charge in [-0.1, -0.05) is 0 Å². The lowest BCUT2D eigenvalue weighted by Gasteiger charge is -1.96. The van der Waals surface area contributed by atoms with Crippen LogP contribution in [-0.4, -0.2) is 22.9 Å². The standard InChI is InChI=1S/C7H10N2O2/c1-5-4-6(7(10)11-3)9(2)8-5/h4H,1-3H3. The van der Waals surface area contributed by atoms with Crippen LogP contribution in [-0.2, 0) is 11.8 Å². The summed E-state index contributed by atoms with van der Waals surface area (Å²) in [5, 5.41) is 4.00. The fraction of sp³-hybridized carbons (Fsp3) is 0.429. The van der Waals surface area contributed by atoms with Crippen LogP contribution in [0, 0.1) is 6.92 Å². The van der Waals surface area contributed by atoms with E-state index in [4.69, 9.17) is 0 Å². The predicted octanol–water partition coefficient (Wildman–Crippen LogP) is 0.515. The summed E-state index contributed by atoms with van der Waals surface area (Å²) in [4.78, 5) is 11.0. The van der Waals surface area contributed by atoms with Crippen LogP contribution in [0.25, 0.3) is 0 Å². The Morgan fingerprint density at radius 2 is 2.36 bits per heavy atom. The number of nitrogens with zero attached hydrogens (tertiary/aromatic N) is 2. The Hall–Kier alpha value is -1.32. The lowest BCUT2D eigenvalue weighted by atomic mass is 10.4. The molecule has 0 fully saturated rings. The van der Waals surface area contributed by atoms with E-state index in [0.29, 0.717) is 5.69 Å². The molecule has 0 aliphatic heterocycles. The Morgan fingerprint density at radius 3 is 2.73 bits per heavy atom. The number of methoxy groups -OCH3 is 1. The van der Waals surface area contributed by atoms with E-state index in [1.165, 1.54) is 11.8 Å². The quantitative estimate of drug-likeness (QED) is 0.554. The summed E-state index contributed by atoms with van der Waals surface area (Å²) in [5.74, 6) is -0.354. The second kappa shape index (κ2) is 2.74. The minimum Gasteiger partial charge on any atom is -0.464 e. The third kappa shape index (κ3) is 1.39. The summed E-state index contributed by atoms with van der Waals surface area (Å²) in [6.45, 7) is 1.83. The molecule has 0 N–H and O–H groups in total. The molecule has 0 radical (unpaired) electrons. The van der Waals surface area contributed by atoms with Gasteiger partial charge in [-0.2, -0.15) is 5.10 Å². The van der Waals surface area contributed by atoms with E-state index in [1.807, 2.05) is 6.92 Å². The summed E-state index contributed by atoms with van der Waals surface area (Å²) in [7, 11) is 3.06. The van der Waals surface area contributed by atoms with Crippen molar-refractivity contribution in [2.45, 2.75) is 6.92 Å². The molecule has 0 aromatic carbocycles. The van der Waals surface area contributed by atoms with Gasteiger partial charge in [0.1, 0.15) is 5.69 Å². The molecule has 0 saturated heterocycles. The highest BCUT2D eigenvalue weighted by Gasteiger charge is 2.10. The number of carbonyl (C=O) groups excluding carboxylic acids is 1. The average Bonchev–Trinajstić information content (AvgIpc) is 2.28. The molecule has 0 bridgehead atoms. The van der Waals surface area contributed by atoms with E-state index in [1.54, 1.807) is 13.1 Å². The van der Waals surface area contributed by atoms with Crippen molar-refractivity contribution in [2.75, 3.05) is 7.11 Å². The van der Waals surface area contributed by atoms with Gasteiger partial charge in [-0.3, -0.25) is 4.68 Å². The van der Waals surface area contributed by atoms with Crippen LogP contribution in [0.5, 0.6) is 0 Å². The number of carbonyl (C=O) groups is 1. The first kappa shape index (κ1) is 7.78. The summed E-state index contributed by atoms with van der Waals surface area (Å²) in [6.07, 6.45) is 0. The van der Waals surface area contributed by atoms with Crippen LogP contribution in [0.2, 0.25) is 0 Å². The van der Waals surface area contributed by atoms with Gasteiger partial charge in [-0.05, 0) is 13.0 Å². The molecule has 4 heteroatoms. The van der Waals surface area contributed by atoms with Crippen LogP contribution in [0.15, 0.2) is 6.07 Å². The minimum atomic E-state index is -0.354. The SMILES string of the molecule is COC(=O)c1cc(C)nn1C. The zero-order valence-corrected chi connectivity index (χ0v) is 6.79. The lowest BCUT2D eigenvalue weighted by Crippen LogP contribution is -2.07. The smallest absolute Gasteiger partial charge is 0.356 e. The van der Waals surface area contributed by atoms with Crippen molar-refractivity contribution in [3.63, 3.8) is 0 Å². The third-order valence-corrected chi connectivity index (χ3v) is 1.40. The van der Waals surface area contributed by atoms with Crippen molar-refractivity contribution in [1.29, 1.82) is 0 Å². The fourth-order valence-electron chi connectivity index (χ4n) is 0.906. The van der Waals surface area contributed by atoms with E-state index in [-0.39, 0.29) is 5.97 Å². The number of ether oxygens (including phenoxy) is 1. The van der Waals surface area contributed by atoms with Gasteiger partial charge in [0.05, 0.1) is 12.8 Å². The lowest BCUT2D eigenvalue weighted by molar-refractivity contribution is 0.0588. The molecule has 0 aliphatic rings. The second-order valence-electron chi connectivity index (χ2n) is 2.29. The first-order valence-corrected chi connectivity index (χ1v) is 3.24. The van der Waals surface area contributed by atoms with E-state index in [9.17, 15) is 4.79 Å². The molecule has 0 amide bonds. The highest BCUT2D eigenvalue weighted by atomic mass is 16.5. The van der Waals surface area contributed by atoms with E-state index >= 15 is 0 Å². The zero-order chi connectivity index (χ0) is 8.43. The van der Waals surface area contributed by atoms with Crippen molar-refractivity contribution in [1.82, 2.24) is 9.78 Å². The van der Waals surface area contributed by atoms with Crippen molar-refractivity contribution in [3.05, 3.63) is 17.5 Å². The van der Waals surface area contributed by atoms with Crippen molar-refractivity contribution in [3.8, 4) is 0 Å². The third-order valence-electron chi connectivity index (χ3n) is 1.40. The maximum Gasteiger partial charge on any atom is 0.356 e. The van der Waals surface area contributed by atoms with Gasteiger partial charge in [0, 0.05) is 7.05 Å². The molecular weight excluding hydrogens is 144 g/mol. The summed E-state index contributed by atoms with van der Waals surface area (Å²) < 4.78 is 6.03. The zero-order valence-electron chi connectivity index (χ0n) is 6.79. The molecule has 1 aromatic heterocycles. The van der Waals surface area contributed by atoms with Crippen LogP contribution in [0.1, 0.15) is 16.2 Å². The van der Waals surface area contributed by atoms with Gasteiger partial charge in [0.15, 0.2) is 0 Å². The highest BCUT2D eigenvalue weighted by molar-refractivity contribution is 5.87. The van der Waals surface area contributed by atoms with Crippen molar-refractivity contribution in [2.24, 2.45) is 7.05 Å². The van der Waals surface area contributed by atoms with E-state index in [2.05, 4.69) is 9.84 Å². The molecule has 0 atom stereocenters. The number of hydrogen-bond acceptors (Lipinski definition) is 3. The molecular formula is C7H10N2O2. The van der Waals surface area contributed by atoms with Gasteiger partial charge >= 0.3 is 5.97 Å². The van der Waals surface area contributed by atoms with Gasteiger partial charge in [-0.25, -0.2) is 4.79 Å². The predicted molar refractivity (Wildman–Crippen MR) is 39.3 cm³/mol. The molecule has 1 aromatic rings. The Bertz CT molecular complexity index is 278. The summed E-state index contributed by atoms with van der Waals surface area (Å²) >= 11 is 0. The number of aryl methyl sites for hydroxylation is 2. The number of esters is 1. The molecule has 0 spiro atoms. The first-order valence-electron chi connectivity index (χ1n) is 3.24. The maximum absolute atomic E-state index is 11.0. The molecule has 11 heavy (non-hydrogen) atoms. The van der Waals surface area contributed by atoms with Gasteiger partial charge < -0.3 is 4.74 Å². The van der Waals surface area contributed by atoms with E-state index in [0.717, 1.165) is 5.69 Å². The highest BCUT2D eigenvalue weighted by Crippen LogP contribution is 2.02. The molecule has 1 rings (SSSR count). The van der Waals surface area contributed by atoms with E-state index < -0.39 is 0 Å². The Balaban J connectivity index is 3.03. The Morgan fingerprint density at radius 1 is 1.73 bits per heavy atom. The summed E-state index contributed by atoms with van der Waals surface area (Å²) in [5.41, 5.74) is 1.29. The Kier molecular flexibility index (Phi) is 1.94. The topological polar surface area (TPSA) is 44.1 Å². The second-order valence-corrected chi connectivity index (χ2v) is 2.29. The molecule has 4 nitrogen and oxygen atoms in total. The Labute approximate surface area is 64.8 Å². The number of aromatic nitrogens is 2. The summed E-state index contributed by atoms with van der Waals surface area (Å²) in [6, 6.07) is 1.69. The molecule has 0 aliphatic carbocycles. The first-order chi connectivity index (χ1) is 5.15. The van der Waals surface area contributed by atoms with Crippen LogP contribution >= 0.6 is 0 Å². The van der Waals surface area contributed by atoms with Crippen LogP contribution in [0.3, 0.4) is 0 Å². The largest absolute Gasteiger partial charge is 0.464 e. The number of rotatable bonds is 1. The van der Waals surface area contributed by atoms with Crippen LogP contribution in [0.4, 0.5) is 0 Å².